The third-order valence-corrected chi connectivity index (χ3v) is 5.12. The maximum Gasteiger partial charge on any atom is 0.231 e. The first-order chi connectivity index (χ1) is 13.3. The summed E-state index contributed by atoms with van der Waals surface area (Å²) in [6.45, 7) is 2.80. The average Bonchev–Trinajstić information content (AvgIpc) is 3.35. The van der Waals surface area contributed by atoms with Gasteiger partial charge >= 0.3 is 0 Å². The molecule has 2 aliphatic rings. The zero-order valence-electron chi connectivity index (χ0n) is 15.1. The van der Waals surface area contributed by atoms with Gasteiger partial charge in [-0.3, -0.25) is 4.90 Å². The second kappa shape index (κ2) is 6.63. The first kappa shape index (κ1) is 16.2. The largest absolute Gasteiger partial charge is 0.497 e. The van der Waals surface area contributed by atoms with E-state index in [4.69, 9.17) is 18.7 Å². The predicted octanol–water partition coefficient (Wildman–Crippen LogP) is 3.64. The lowest BCUT2D eigenvalue weighted by Gasteiger charge is -2.26. The van der Waals surface area contributed by atoms with Crippen LogP contribution in [0.25, 0.3) is 11.3 Å². The van der Waals surface area contributed by atoms with E-state index in [1.54, 1.807) is 7.11 Å². The number of benzene rings is 2. The van der Waals surface area contributed by atoms with Crippen LogP contribution in [0, 0.1) is 0 Å². The molecule has 0 amide bonds. The Morgan fingerprint density at radius 3 is 3.00 bits per heavy atom. The van der Waals surface area contributed by atoms with Crippen molar-refractivity contribution in [3.05, 3.63) is 59.4 Å². The molecule has 27 heavy (non-hydrogen) atoms. The highest BCUT2D eigenvalue weighted by molar-refractivity contribution is 5.65. The van der Waals surface area contributed by atoms with Crippen LogP contribution in [-0.4, -0.2) is 30.5 Å². The normalized spacial score (nSPS) is 15.6. The van der Waals surface area contributed by atoms with Gasteiger partial charge in [0.2, 0.25) is 6.79 Å². The molecule has 0 saturated carbocycles. The number of nitrogens with zero attached hydrogens (tertiary/aromatic N) is 2. The summed E-state index contributed by atoms with van der Waals surface area (Å²) in [6.07, 6.45) is 0.846. The highest BCUT2D eigenvalue weighted by Crippen LogP contribution is 2.37. The topological polar surface area (TPSA) is 57.0 Å². The van der Waals surface area contributed by atoms with Gasteiger partial charge in [-0.25, -0.2) is 0 Å². The Balaban J connectivity index is 1.41. The summed E-state index contributed by atoms with van der Waals surface area (Å²) in [6, 6.07) is 14.0. The number of para-hydroxylation sites is 1. The van der Waals surface area contributed by atoms with Gasteiger partial charge in [-0.2, -0.15) is 0 Å². The molecule has 2 aromatic carbocycles. The number of fused-ring (bicyclic) bond motifs is 2. The standard InChI is InChI=1S/C21H20N2O4/c1-24-16-6-2-4-14(10-16)20-17-12-23(9-8-18(17)27-22-20)11-15-5-3-7-19-21(15)26-13-25-19/h2-7,10H,8-9,11-13H2,1H3. The summed E-state index contributed by atoms with van der Waals surface area (Å²) in [5.74, 6) is 3.48. The maximum absolute atomic E-state index is 5.65. The average molecular weight is 364 g/mol. The van der Waals surface area contributed by atoms with Gasteiger partial charge in [0.25, 0.3) is 0 Å². The molecule has 0 saturated heterocycles. The summed E-state index contributed by atoms with van der Waals surface area (Å²) in [5, 5.41) is 4.34. The van der Waals surface area contributed by atoms with Gasteiger partial charge in [0, 0.05) is 42.7 Å². The van der Waals surface area contributed by atoms with E-state index in [9.17, 15) is 0 Å². The maximum atomic E-state index is 5.65. The SMILES string of the molecule is COc1cccc(-c2noc3c2CN(Cc2cccc4c2OCO4)CC3)c1. The fourth-order valence-corrected chi connectivity index (χ4v) is 3.75. The lowest BCUT2D eigenvalue weighted by atomic mass is 10.0. The van der Waals surface area contributed by atoms with Gasteiger partial charge < -0.3 is 18.7 Å². The van der Waals surface area contributed by atoms with Crippen molar-refractivity contribution >= 4 is 0 Å². The molecule has 0 bridgehead atoms. The highest BCUT2D eigenvalue weighted by atomic mass is 16.7. The summed E-state index contributed by atoms with van der Waals surface area (Å²) in [7, 11) is 1.67. The second-order valence-corrected chi connectivity index (χ2v) is 6.78. The van der Waals surface area contributed by atoms with Gasteiger partial charge in [-0.05, 0) is 18.2 Å². The Hall–Kier alpha value is -2.99. The third kappa shape index (κ3) is 2.92. The predicted molar refractivity (Wildman–Crippen MR) is 98.9 cm³/mol. The van der Waals surface area contributed by atoms with Crippen molar-refractivity contribution in [1.29, 1.82) is 0 Å². The number of rotatable bonds is 4. The Morgan fingerprint density at radius 1 is 1.15 bits per heavy atom. The fraction of sp³-hybridized carbons (Fsp3) is 0.286. The summed E-state index contributed by atoms with van der Waals surface area (Å²) >= 11 is 0. The number of aromatic nitrogens is 1. The van der Waals surface area contributed by atoms with E-state index in [1.807, 2.05) is 36.4 Å². The molecule has 0 radical (unpaired) electrons. The third-order valence-electron chi connectivity index (χ3n) is 5.12. The molecule has 6 nitrogen and oxygen atoms in total. The fourth-order valence-electron chi connectivity index (χ4n) is 3.75. The number of hydrogen-bond acceptors (Lipinski definition) is 6. The van der Waals surface area contributed by atoms with E-state index in [-0.39, 0.29) is 0 Å². The van der Waals surface area contributed by atoms with Crippen molar-refractivity contribution in [3.8, 4) is 28.5 Å². The molecule has 0 atom stereocenters. The molecular weight excluding hydrogens is 344 g/mol. The van der Waals surface area contributed by atoms with Crippen molar-refractivity contribution in [1.82, 2.24) is 10.1 Å². The van der Waals surface area contributed by atoms with Gasteiger partial charge in [-0.15, -0.1) is 0 Å². The first-order valence-corrected chi connectivity index (χ1v) is 9.03. The minimum Gasteiger partial charge on any atom is -0.497 e. The Labute approximate surface area is 157 Å². The van der Waals surface area contributed by atoms with Crippen LogP contribution in [0.2, 0.25) is 0 Å². The van der Waals surface area contributed by atoms with Crippen LogP contribution in [0.1, 0.15) is 16.9 Å². The van der Waals surface area contributed by atoms with Crippen molar-refractivity contribution in [3.63, 3.8) is 0 Å². The Kier molecular flexibility index (Phi) is 3.98. The molecule has 2 aliphatic heterocycles. The molecule has 0 unspecified atom stereocenters. The molecule has 6 heteroatoms. The number of ether oxygens (including phenoxy) is 3. The summed E-state index contributed by atoms with van der Waals surface area (Å²) in [4.78, 5) is 2.39. The molecule has 0 N–H and O–H groups in total. The van der Waals surface area contributed by atoms with E-state index in [0.717, 1.165) is 71.4 Å². The first-order valence-electron chi connectivity index (χ1n) is 9.03. The summed E-state index contributed by atoms with van der Waals surface area (Å²) < 4.78 is 22.1. The van der Waals surface area contributed by atoms with Gasteiger partial charge in [0.1, 0.15) is 17.2 Å². The Morgan fingerprint density at radius 2 is 2.07 bits per heavy atom. The molecule has 0 spiro atoms. The van der Waals surface area contributed by atoms with Crippen LogP contribution in [0.3, 0.4) is 0 Å². The zero-order chi connectivity index (χ0) is 18.2. The lowest BCUT2D eigenvalue weighted by Crippen LogP contribution is -2.29. The molecule has 0 aliphatic carbocycles. The quantitative estimate of drug-likeness (QED) is 0.705. The lowest BCUT2D eigenvalue weighted by molar-refractivity contribution is 0.171. The van der Waals surface area contributed by atoms with Crippen molar-refractivity contribution in [2.75, 3.05) is 20.4 Å². The van der Waals surface area contributed by atoms with Crippen LogP contribution in [0.4, 0.5) is 0 Å². The zero-order valence-corrected chi connectivity index (χ0v) is 15.1. The van der Waals surface area contributed by atoms with Gasteiger partial charge in [-0.1, -0.05) is 29.4 Å². The molecule has 138 valence electrons. The van der Waals surface area contributed by atoms with E-state index >= 15 is 0 Å². The van der Waals surface area contributed by atoms with E-state index in [0.29, 0.717) is 6.79 Å². The summed E-state index contributed by atoms with van der Waals surface area (Å²) in [5.41, 5.74) is 4.21. The van der Waals surface area contributed by atoms with Crippen LogP contribution < -0.4 is 14.2 Å². The van der Waals surface area contributed by atoms with Crippen molar-refractivity contribution < 1.29 is 18.7 Å². The van der Waals surface area contributed by atoms with Crippen LogP contribution in [0.15, 0.2) is 47.0 Å². The van der Waals surface area contributed by atoms with Crippen molar-refractivity contribution in [2.45, 2.75) is 19.5 Å². The van der Waals surface area contributed by atoms with Crippen LogP contribution in [0.5, 0.6) is 17.2 Å². The minimum absolute atomic E-state index is 0.294. The van der Waals surface area contributed by atoms with Crippen LogP contribution >= 0.6 is 0 Å². The van der Waals surface area contributed by atoms with E-state index < -0.39 is 0 Å². The molecule has 1 aromatic heterocycles. The molecular formula is C21H20N2O4. The van der Waals surface area contributed by atoms with E-state index in [2.05, 4.69) is 16.1 Å². The molecule has 0 fully saturated rings. The minimum atomic E-state index is 0.294. The smallest absolute Gasteiger partial charge is 0.231 e. The van der Waals surface area contributed by atoms with Gasteiger partial charge in [0.15, 0.2) is 11.5 Å². The highest BCUT2D eigenvalue weighted by Gasteiger charge is 2.26. The molecule has 5 rings (SSSR count). The Bertz CT molecular complexity index is 982. The monoisotopic (exact) mass is 364 g/mol. The van der Waals surface area contributed by atoms with Crippen LogP contribution in [-0.2, 0) is 19.5 Å². The second-order valence-electron chi connectivity index (χ2n) is 6.78. The van der Waals surface area contributed by atoms with Gasteiger partial charge in [0.05, 0.1) is 7.11 Å². The number of hydrogen-bond donors (Lipinski definition) is 0. The molecule has 3 heterocycles. The molecule has 3 aromatic rings. The van der Waals surface area contributed by atoms with E-state index in [1.165, 1.54) is 0 Å². The van der Waals surface area contributed by atoms with Crippen molar-refractivity contribution in [2.24, 2.45) is 0 Å². The number of methoxy groups -OCH3 is 1.